The Hall–Kier alpha value is -1.79. The number of anilines is 2. The van der Waals surface area contributed by atoms with Crippen molar-refractivity contribution in [2.75, 3.05) is 16.5 Å². The number of alkyl halides is 1. The molecule has 0 bridgehead atoms. The fourth-order valence-corrected chi connectivity index (χ4v) is 1.98. The normalized spacial score (nSPS) is 17.5. The Morgan fingerprint density at radius 3 is 2.71 bits per heavy atom. The van der Waals surface area contributed by atoms with Crippen molar-refractivity contribution in [2.45, 2.75) is 18.9 Å². The quantitative estimate of drug-likeness (QED) is 0.576. The van der Waals surface area contributed by atoms with Crippen molar-refractivity contribution in [1.29, 1.82) is 0 Å². The predicted molar refractivity (Wildman–Crippen MR) is 82.8 cm³/mol. The second-order valence-corrected chi connectivity index (χ2v) is 4.68. The van der Waals surface area contributed by atoms with Crippen LogP contribution in [0.25, 0.3) is 0 Å². The van der Waals surface area contributed by atoms with Gasteiger partial charge in [-0.15, -0.1) is 24.0 Å². The van der Waals surface area contributed by atoms with Gasteiger partial charge in [0.25, 0.3) is 0 Å². The van der Waals surface area contributed by atoms with Crippen molar-refractivity contribution in [2.24, 2.45) is 0 Å². The minimum Gasteiger partial charge on any atom is -0.374 e. The Kier molecular flexibility index (Phi) is 6.45. The fourth-order valence-electron chi connectivity index (χ4n) is 1.91. The summed E-state index contributed by atoms with van der Waals surface area (Å²) in [4.78, 5) is 33.9. The number of nitrogens with one attached hydrogen (secondary N) is 3. The number of hydrogen-bond donors (Lipinski definition) is 3. The van der Waals surface area contributed by atoms with Crippen molar-refractivity contribution in [3.8, 4) is 0 Å². The molecule has 1 unspecified atom stereocenters. The van der Waals surface area contributed by atoms with Crippen molar-refractivity contribution in [3.05, 3.63) is 24.3 Å². The highest BCUT2D eigenvalue weighted by Gasteiger charge is 2.26. The summed E-state index contributed by atoms with van der Waals surface area (Å²) >= 11 is 5.42. The Morgan fingerprint density at radius 2 is 2.05 bits per heavy atom. The number of amides is 3. The summed E-state index contributed by atoms with van der Waals surface area (Å²) in [5, 5.41) is 7.93. The van der Waals surface area contributed by atoms with Crippen molar-refractivity contribution >= 4 is 53.1 Å². The van der Waals surface area contributed by atoms with Gasteiger partial charge in [-0.1, -0.05) is 6.07 Å². The van der Waals surface area contributed by atoms with Gasteiger partial charge in [-0.05, 0) is 24.6 Å². The summed E-state index contributed by atoms with van der Waals surface area (Å²) in [6, 6.07) is 6.50. The maximum atomic E-state index is 11.6. The smallest absolute Gasteiger partial charge is 0.249 e. The van der Waals surface area contributed by atoms with E-state index in [0.29, 0.717) is 24.2 Å². The molecule has 1 saturated heterocycles. The number of benzene rings is 1. The SMILES string of the molecule is Cl.O=C1CCC(Nc2cccc(NC(=O)CCl)c2)C(=O)N1. The van der Waals surface area contributed by atoms with Crippen LogP contribution >= 0.6 is 24.0 Å². The van der Waals surface area contributed by atoms with Crippen LogP contribution in [-0.2, 0) is 14.4 Å². The van der Waals surface area contributed by atoms with Crippen LogP contribution in [-0.4, -0.2) is 29.6 Å². The monoisotopic (exact) mass is 331 g/mol. The molecule has 21 heavy (non-hydrogen) atoms. The summed E-state index contributed by atoms with van der Waals surface area (Å²) in [6.07, 6.45) is 0.759. The first kappa shape index (κ1) is 17.3. The van der Waals surface area contributed by atoms with Crippen LogP contribution in [0.5, 0.6) is 0 Å². The molecule has 0 aliphatic carbocycles. The molecule has 1 aliphatic rings. The lowest BCUT2D eigenvalue weighted by molar-refractivity contribution is -0.133. The summed E-state index contributed by atoms with van der Waals surface area (Å²) in [5.41, 5.74) is 1.28. The van der Waals surface area contributed by atoms with Crippen molar-refractivity contribution < 1.29 is 14.4 Å². The lowest BCUT2D eigenvalue weighted by Crippen LogP contribution is -2.47. The first-order valence-electron chi connectivity index (χ1n) is 6.14. The van der Waals surface area contributed by atoms with E-state index >= 15 is 0 Å². The van der Waals surface area contributed by atoms with Gasteiger partial charge in [-0.3, -0.25) is 19.7 Å². The van der Waals surface area contributed by atoms with Crippen molar-refractivity contribution in [3.63, 3.8) is 0 Å². The molecular weight excluding hydrogens is 317 g/mol. The van der Waals surface area contributed by atoms with Crippen LogP contribution in [0.3, 0.4) is 0 Å². The van der Waals surface area contributed by atoms with Crippen LogP contribution in [0.1, 0.15) is 12.8 Å². The third-order valence-electron chi connectivity index (χ3n) is 2.85. The zero-order chi connectivity index (χ0) is 14.5. The van der Waals surface area contributed by atoms with Gasteiger partial charge in [0.15, 0.2) is 0 Å². The zero-order valence-electron chi connectivity index (χ0n) is 11.0. The molecule has 0 spiro atoms. The van der Waals surface area contributed by atoms with E-state index in [9.17, 15) is 14.4 Å². The highest BCUT2D eigenvalue weighted by atomic mass is 35.5. The second-order valence-electron chi connectivity index (χ2n) is 4.41. The van der Waals surface area contributed by atoms with E-state index in [1.807, 2.05) is 0 Å². The van der Waals surface area contributed by atoms with E-state index in [1.165, 1.54) is 0 Å². The highest BCUT2D eigenvalue weighted by molar-refractivity contribution is 6.29. The topological polar surface area (TPSA) is 87.3 Å². The summed E-state index contributed by atoms with van der Waals surface area (Å²) in [5.74, 6) is -1.01. The molecular formula is C13H15Cl2N3O3. The number of hydrogen-bond acceptors (Lipinski definition) is 4. The summed E-state index contributed by atoms with van der Waals surface area (Å²) in [6.45, 7) is 0. The third-order valence-corrected chi connectivity index (χ3v) is 3.09. The van der Waals surface area contributed by atoms with E-state index in [-0.39, 0.29) is 36.0 Å². The molecule has 0 radical (unpaired) electrons. The average Bonchev–Trinajstić information content (AvgIpc) is 2.42. The second kappa shape index (κ2) is 7.85. The maximum Gasteiger partial charge on any atom is 0.249 e. The molecule has 3 N–H and O–H groups in total. The Morgan fingerprint density at radius 1 is 1.33 bits per heavy atom. The Bertz CT molecular complexity index is 551. The van der Waals surface area contributed by atoms with Gasteiger partial charge in [0.2, 0.25) is 17.7 Å². The molecule has 0 aromatic heterocycles. The molecule has 1 aromatic rings. The van der Waals surface area contributed by atoms with Gasteiger partial charge in [-0.25, -0.2) is 0 Å². The largest absolute Gasteiger partial charge is 0.374 e. The first-order chi connectivity index (χ1) is 9.58. The zero-order valence-corrected chi connectivity index (χ0v) is 12.6. The third kappa shape index (κ3) is 4.91. The number of imide groups is 1. The Balaban J connectivity index is 0.00000220. The molecule has 8 heteroatoms. The molecule has 1 aromatic carbocycles. The number of carbonyl (C=O) groups excluding carboxylic acids is 3. The maximum absolute atomic E-state index is 11.6. The standard InChI is InChI=1S/C13H14ClN3O3.ClH/c14-7-12(19)16-9-3-1-2-8(6-9)15-10-4-5-11(18)17-13(10)20;/h1-3,6,10,15H,4-5,7H2,(H,16,19)(H,17,18,20);1H. The van der Waals surface area contributed by atoms with E-state index in [1.54, 1.807) is 24.3 Å². The molecule has 1 heterocycles. The van der Waals surface area contributed by atoms with Crippen LogP contribution in [0, 0.1) is 0 Å². The summed E-state index contributed by atoms with van der Waals surface area (Å²) in [7, 11) is 0. The van der Waals surface area contributed by atoms with Gasteiger partial charge >= 0.3 is 0 Å². The number of carbonyl (C=O) groups is 3. The molecule has 1 aliphatic heterocycles. The Labute approximate surface area is 133 Å². The van der Waals surface area contributed by atoms with E-state index < -0.39 is 6.04 Å². The van der Waals surface area contributed by atoms with Gasteiger partial charge in [0.05, 0.1) is 0 Å². The van der Waals surface area contributed by atoms with Crippen molar-refractivity contribution in [1.82, 2.24) is 5.32 Å². The molecule has 1 atom stereocenters. The van der Waals surface area contributed by atoms with E-state index in [4.69, 9.17) is 11.6 Å². The van der Waals surface area contributed by atoms with Gasteiger partial charge in [0, 0.05) is 17.8 Å². The highest BCUT2D eigenvalue weighted by Crippen LogP contribution is 2.18. The number of halogens is 2. The molecule has 2 rings (SSSR count). The number of rotatable bonds is 4. The van der Waals surface area contributed by atoms with Crippen LogP contribution in [0.2, 0.25) is 0 Å². The molecule has 3 amide bonds. The predicted octanol–water partition coefficient (Wildman–Crippen LogP) is 1.50. The molecule has 114 valence electrons. The van der Waals surface area contributed by atoms with Crippen LogP contribution in [0.4, 0.5) is 11.4 Å². The van der Waals surface area contributed by atoms with Crippen LogP contribution < -0.4 is 16.0 Å². The fraction of sp³-hybridized carbons (Fsp3) is 0.308. The number of piperidine rings is 1. The van der Waals surface area contributed by atoms with Gasteiger partial charge in [-0.2, -0.15) is 0 Å². The average molecular weight is 332 g/mol. The minimum atomic E-state index is -0.452. The molecule has 0 saturated carbocycles. The minimum absolute atomic E-state index is 0. The first-order valence-corrected chi connectivity index (χ1v) is 6.68. The van der Waals surface area contributed by atoms with Gasteiger partial charge < -0.3 is 10.6 Å². The summed E-state index contributed by atoms with van der Waals surface area (Å²) < 4.78 is 0. The van der Waals surface area contributed by atoms with Gasteiger partial charge in [0.1, 0.15) is 11.9 Å². The lowest BCUT2D eigenvalue weighted by Gasteiger charge is -2.23. The molecule has 6 nitrogen and oxygen atoms in total. The van der Waals surface area contributed by atoms with E-state index in [0.717, 1.165) is 0 Å². The van der Waals surface area contributed by atoms with Crippen LogP contribution in [0.15, 0.2) is 24.3 Å². The lowest BCUT2D eigenvalue weighted by atomic mass is 10.1. The van der Waals surface area contributed by atoms with E-state index in [2.05, 4.69) is 16.0 Å². The molecule has 1 fully saturated rings.